The van der Waals surface area contributed by atoms with E-state index in [1.54, 1.807) is 10.4 Å². The first-order chi connectivity index (χ1) is 14.6. The van der Waals surface area contributed by atoms with Crippen LogP contribution in [-0.2, 0) is 10.0 Å². The van der Waals surface area contributed by atoms with Crippen molar-refractivity contribution < 1.29 is 8.42 Å². The molecule has 164 valence electrons. The van der Waals surface area contributed by atoms with E-state index < -0.39 is 10.0 Å². The topological polar surface area (TPSA) is 69.6 Å². The van der Waals surface area contributed by atoms with Crippen LogP contribution in [0.5, 0.6) is 0 Å². The first kappa shape index (κ1) is 21.7. The maximum Gasteiger partial charge on any atom is 0.252 e. The van der Waals surface area contributed by atoms with Crippen molar-refractivity contribution in [2.45, 2.75) is 43.2 Å². The van der Waals surface area contributed by atoms with Crippen LogP contribution in [0.4, 0.5) is 5.82 Å². The lowest BCUT2D eigenvalue weighted by molar-refractivity contribution is 0.253. The Balaban J connectivity index is 1.40. The highest BCUT2D eigenvalue weighted by molar-refractivity contribution is 7.91. The van der Waals surface area contributed by atoms with Crippen molar-refractivity contribution in [1.82, 2.24) is 19.4 Å². The van der Waals surface area contributed by atoms with Crippen molar-refractivity contribution in [3.05, 3.63) is 23.6 Å². The summed E-state index contributed by atoms with van der Waals surface area (Å²) < 4.78 is 27.8. The fraction of sp³-hybridized carbons (Fsp3) is 0.619. The third-order valence-electron chi connectivity index (χ3n) is 5.95. The number of unbranched alkanes of at least 4 members (excludes halogenated alkanes) is 1. The smallest absolute Gasteiger partial charge is 0.252 e. The van der Waals surface area contributed by atoms with E-state index in [1.807, 2.05) is 17.5 Å². The lowest BCUT2D eigenvalue weighted by Crippen LogP contribution is -2.46. The van der Waals surface area contributed by atoms with Gasteiger partial charge >= 0.3 is 0 Å². The van der Waals surface area contributed by atoms with Crippen LogP contribution in [-0.4, -0.2) is 73.6 Å². The van der Waals surface area contributed by atoms with E-state index in [2.05, 4.69) is 26.9 Å². The Morgan fingerprint density at radius 3 is 2.43 bits per heavy atom. The standard InChI is InChI=1S/C21H31N5O2S2/c1-2-3-9-24-12-14-25(15-13-24)20-8-7-19(22-23-20)18-16-21(29-17-18)30(27,28)26-10-5-4-6-11-26/h7-8,16-17H,2-6,9-15H2,1H3. The van der Waals surface area contributed by atoms with Crippen molar-refractivity contribution in [3.8, 4) is 11.3 Å². The van der Waals surface area contributed by atoms with Crippen molar-refractivity contribution >= 4 is 27.2 Å². The summed E-state index contributed by atoms with van der Waals surface area (Å²) in [5.41, 5.74) is 1.54. The first-order valence-corrected chi connectivity index (χ1v) is 13.3. The predicted octanol–water partition coefficient (Wildman–Crippen LogP) is 3.30. The number of piperidine rings is 1. The van der Waals surface area contributed by atoms with Crippen LogP contribution in [0.2, 0.25) is 0 Å². The van der Waals surface area contributed by atoms with E-state index >= 15 is 0 Å². The van der Waals surface area contributed by atoms with Crippen LogP contribution >= 0.6 is 11.3 Å². The van der Waals surface area contributed by atoms with Crippen molar-refractivity contribution in [1.29, 1.82) is 0 Å². The van der Waals surface area contributed by atoms with Crippen molar-refractivity contribution in [3.63, 3.8) is 0 Å². The van der Waals surface area contributed by atoms with Gasteiger partial charge in [-0.1, -0.05) is 19.8 Å². The summed E-state index contributed by atoms with van der Waals surface area (Å²) in [5, 5.41) is 10.7. The number of sulfonamides is 1. The summed E-state index contributed by atoms with van der Waals surface area (Å²) in [5.74, 6) is 0.894. The fourth-order valence-electron chi connectivity index (χ4n) is 4.05. The molecule has 2 saturated heterocycles. The van der Waals surface area contributed by atoms with Crippen LogP contribution in [0.3, 0.4) is 0 Å². The zero-order valence-corrected chi connectivity index (χ0v) is 19.3. The maximum atomic E-state index is 12.9. The summed E-state index contributed by atoms with van der Waals surface area (Å²) >= 11 is 1.27. The van der Waals surface area contributed by atoms with E-state index in [0.29, 0.717) is 17.3 Å². The molecule has 2 fully saturated rings. The molecule has 0 atom stereocenters. The number of piperazine rings is 1. The molecule has 0 N–H and O–H groups in total. The number of hydrogen-bond acceptors (Lipinski definition) is 7. The van der Waals surface area contributed by atoms with Gasteiger partial charge in [-0.3, -0.25) is 4.90 Å². The predicted molar refractivity (Wildman–Crippen MR) is 122 cm³/mol. The molecular formula is C21H31N5O2S2. The summed E-state index contributed by atoms with van der Waals surface area (Å²) in [6.07, 6.45) is 5.48. The molecular weight excluding hydrogens is 418 g/mol. The third-order valence-corrected chi connectivity index (χ3v) is 9.27. The highest BCUT2D eigenvalue weighted by Gasteiger charge is 2.27. The average molecular weight is 450 g/mol. The molecule has 0 saturated carbocycles. The molecule has 0 radical (unpaired) electrons. The quantitative estimate of drug-likeness (QED) is 0.646. The van der Waals surface area contributed by atoms with Gasteiger partial charge in [0, 0.05) is 50.2 Å². The average Bonchev–Trinajstić information content (AvgIpc) is 3.30. The largest absolute Gasteiger partial charge is 0.353 e. The van der Waals surface area contributed by atoms with E-state index in [0.717, 1.165) is 62.5 Å². The zero-order chi connectivity index (χ0) is 21.0. The van der Waals surface area contributed by atoms with Gasteiger partial charge < -0.3 is 4.90 Å². The molecule has 4 rings (SSSR count). The molecule has 0 aliphatic carbocycles. The van der Waals surface area contributed by atoms with Crippen molar-refractivity contribution in [2.24, 2.45) is 0 Å². The number of nitrogens with zero attached hydrogens (tertiary/aromatic N) is 5. The van der Waals surface area contributed by atoms with Gasteiger partial charge in [0.15, 0.2) is 5.82 Å². The Labute approximate surface area is 183 Å². The Hall–Kier alpha value is -1.55. The molecule has 9 heteroatoms. The summed E-state index contributed by atoms with van der Waals surface area (Å²) in [6, 6.07) is 5.69. The summed E-state index contributed by atoms with van der Waals surface area (Å²) in [4.78, 5) is 4.79. The second-order valence-corrected chi connectivity index (χ2v) is 11.2. The van der Waals surface area contributed by atoms with E-state index in [-0.39, 0.29) is 0 Å². The minimum absolute atomic E-state index is 0.397. The molecule has 2 aromatic heterocycles. The molecule has 2 aliphatic rings. The monoisotopic (exact) mass is 449 g/mol. The minimum Gasteiger partial charge on any atom is -0.353 e. The summed E-state index contributed by atoms with van der Waals surface area (Å²) in [7, 11) is -3.40. The van der Waals surface area contributed by atoms with Gasteiger partial charge in [-0.25, -0.2) is 8.42 Å². The van der Waals surface area contributed by atoms with Crippen LogP contribution < -0.4 is 4.90 Å². The van der Waals surface area contributed by atoms with Gasteiger partial charge in [0.25, 0.3) is 10.0 Å². The van der Waals surface area contributed by atoms with Gasteiger partial charge in [-0.05, 0) is 44.0 Å². The molecule has 0 bridgehead atoms. The van der Waals surface area contributed by atoms with E-state index in [9.17, 15) is 8.42 Å². The molecule has 0 amide bonds. The van der Waals surface area contributed by atoms with Crippen LogP contribution in [0, 0.1) is 0 Å². The Bertz CT molecular complexity index is 915. The molecule has 0 unspecified atom stereocenters. The number of hydrogen-bond donors (Lipinski definition) is 0. The number of thiophene rings is 1. The summed E-state index contributed by atoms with van der Waals surface area (Å²) in [6.45, 7) is 8.70. The molecule has 2 aliphatic heterocycles. The lowest BCUT2D eigenvalue weighted by atomic mass is 10.2. The van der Waals surface area contributed by atoms with Gasteiger partial charge in [0.1, 0.15) is 4.21 Å². The molecule has 30 heavy (non-hydrogen) atoms. The number of rotatable bonds is 7. The van der Waals surface area contributed by atoms with E-state index in [1.165, 1.54) is 30.7 Å². The van der Waals surface area contributed by atoms with Gasteiger partial charge in [-0.2, -0.15) is 4.31 Å². The van der Waals surface area contributed by atoms with Crippen molar-refractivity contribution in [2.75, 3.05) is 50.7 Å². The normalized spacial score (nSPS) is 19.3. The highest BCUT2D eigenvalue weighted by Crippen LogP contribution is 2.31. The Morgan fingerprint density at radius 1 is 1.00 bits per heavy atom. The molecule has 4 heterocycles. The second-order valence-electron chi connectivity index (χ2n) is 8.08. The zero-order valence-electron chi connectivity index (χ0n) is 17.7. The fourth-order valence-corrected chi connectivity index (χ4v) is 6.89. The van der Waals surface area contributed by atoms with Gasteiger partial charge in [-0.15, -0.1) is 21.5 Å². The highest BCUT2D eigenvalue weighted by atomic mass is 32.2. The SMILES string of the molecule is CCCCN1CCN(c2ccc(-c3csc(S(=O)(=O)N4CCCCC4)c3)nn2)CC1. The lowest BCUT2D eigenvalue weighted by Gasteiger charge is -2.35. The maximum absolute atomic E-state index is 12.9. The Morgan fingerprint density at radius 2 is 1.77 bits per heavy atom. The van der Waals surface area contributed by atoms with Crippen LogP contribution in [0.15, 0.2) is 27.8 Å². The third kappa shape index (κ3) is 4.85. The van der Waals surface area contributed by atoms with Crippen LogP contribution in [0.25, 0.3) is 11.3 Å². The van der Waals surface area contributed by atoms with Gasteiger partial charge in [0.2, 0.25) is 0 Å². The van der Waals surface area contributed by atoms with E-state index in [4.69, 9.17) is 0 Å². The molecule has 0 spiro atoms. The Kier molecular flexibility index (Phi) is 7.02. The van der Waals surface area contributed by atoms with Gasteiger partial charge in [0.05, 0.1) is 5.69 Å². The molecule has 7 nitrogen and oxygen atoms in total. The second kappa shape index (κ2) is 9.72. The molecule has 0 aromatic carbocycles. The van der Waals surface area contributed by atoms with Crippen LogP contribution in [0.1, 0.15) is 39.0 Å². The minimum atomic E-state index is -3.40. The number of anilines is 1. The molecule has 2 aromatic rings. The first-order valence-electron chi connectivity index (χ1n) is 11.0. The number of aromatic nitrogens is 2.